The van der Waals surface area contributed by atoms with Crippen LogP contribution in [0, 0.1) is 0 Å². The van der Waals surface area contributed by atoms with Crippen molar-refractivity contribution in [2.75, 3.05) is 6.61 Å². The van der Waals surface area contributed by atoms with Gasteiger partial charge in [-0.1, -0.05) is 0 Å². The molecule has 0 aromatic carbocycles. The van der Waals surface area contributed by atoms with Crippen LogP contribution < -0.4 is 11.1 Å². The summed E-state index contributed by atoms with van der Waals surface area (Å²) in [6, 6.07) is 3.62. The minimum absolute atomic E-state index is 0.0102. The SMILES string of the molecule is NC1(CO)CCC(NC(=O)c2cccnc2)CC1. The first-order chi connectivity index (χ1) is 8.63. The predicted molar refractivity (Wildman–Crippen MR) is 68.0 cm³/mol. The highest BCUT2D eigenvalue weighted by Crippen LogP contribution is 2.25. The third-order valence-corrected chi connectivity index (χ3v) is 3.56. The molecule has 0 aliphatic heterocycles. The zero-order valence-electron chi connectivity index (χ0n) is 10.3. The Morgan fingerprint density at radius 1 is 1.56 bits per heavy atom. The molecule has 0 bridgehead atoms. The molecule has 1 saturated carbocycles. The molecule has 1 aliphatic carbocycles. The van der Waals surface area contributed by atoms with E-state index in [9.17, 15) is 9.90 Å². The van der Waals surface area contributed by atoms with Crippen molar-refractivity contribution in [1.82, 2.24) is 10.3 Å². The van der Waals surface area contributed by atoms with Gasteiger partial charge in [-0.05, 0) is 37.8 Å². The molecule has 0 saturated heterocycles. The Labute approximate surface area is 106 Å². The molecule has 1 fully saturated rings. The Morgan fingerprint density at radius 3 is 2.83 bits per heavy atom. The zero-order valence-corrected chi connectivity index (χ0v) is 10.3. The predicted octanol–water partition coefficient (Wildman–Crippen LogP) is 0.444. The lowest BCUT2D eigenvalue weighted by atomic mass is 9.80. The van der Waals surface area contributed by atoms with Gasteiger partial charge < -0.3 is 16.2 Å². The lowest BCUT2D eigenvalue weighted by Gasteiger charge is -2.35. The van der Waals surface area contributed by atoms with Crippen molar-refractivity contribution < 1.29 is 9.90 Å². The van der Waals surface area contributed by atoms with E-state index in [-0.39, 0.29) is 18.6 Å². The van der Waals surface area contributed by atoms with Crippen LogP contribution in [0.25, 0.3) is 0 Å². The van der Waals surface area contributed by atoms with E-state index in [0.717, 1.165) is 25.7 Å². The number of carbonyl (C=O) groups is 1. The van der Waals surface area contributed by atoms with Crippen LogP contribution in [0.5, 0.6) is 0 Å². The molecule has 0 atom stereocenters. The lowest BCUT2D eigenvalue weighted by molar-refractivity contribution is 0.0900. The second-order valence-electron chi connectivity index (χ2n) is 5.01. The summed E-state index contributed by atoms with van der Waals surface area (Å²) >= 11 is 0. The van der Waals surface area contributed by atoms with Crippen LogP contribution in [-0.2, 0) is 0 Å². The highest BCUT2D eigenvalue weighted by atomic mass is 16.3. The number of pyridine rings is 1. The van der Waals surface area contributed by atoms with Gasteiger partial charge in [0.15, 0.2) is 0 Å². The average molecular weight is 249 g/mol. The second-order valence-corrected chi connectivity index (χ2v) is 5.01. The Balaban J connectivity index is 1.87. The lowest BCUT2D eigenvalue weighted by Crippen LogP contribution is -2.50. The Bertz CT molecular complexity index is 400. The number of amides is 1. The normalized spacial score (nSPS) is 27.8. The molecule has 1 amide bonds. The van der Waals surface area contributed by atoms with E-state index in [1.165, 1.54) is 0 Å². The summed E-state index contributed by atoms with van der Waals surface area (Å²) < 4.78 is 0. The Morgan fingerprint density at radius 2 is 2.28 bits per heavy atom. The summed E-state index contributed by atoms with van der Waals surface area (Å²) in [5.41, 5.74) is 6.10. The first-order valence-corrected chi connectivity index (χ1v) is 6.24. The Hall–Kier alpha value is -1.46. The molecule has 1 aromatic heterocycles. The summed E-state index contributed by atoms with van der Waals surface area (Å²) in [6.07, 6.45) is 6.29. The largest absolute Gasteiger partial charge is 0.394 e. The van der Waals surface area contributed by atoms with Crippen LogP contribution in [0.3, 0.4) is 0 Å². The minimum Gasteiger partial charge on any atom is -0.394 e. The number of carbonyl (C=O) groups excluding carboxylic acids is 1. The maximum atomic E-state index is 11.9. The third-order valence-electron chi connectivity index (χ3n) is 3.56. The van der Waals surface area contributed by atoms with Gasteiger partial charge in [-0.15, -0.1) is 0 Å². The molecule has 2 rings (SSSR count). The fourth-order valence-electron chi connectivity index (χ4n) is 2.26. The van der Waals surface area contributed by atoms with Crippen molar-refractivity contribution in [3.63, 3.8) is 0 Å². The molecule has 0 spiro atoms. The second kappa shape index (κ2) is 5.46. The van der Waals surface area contributed by atoms with E-state index in [4.69, 9.17) is 5.73 Å². The summed E-state index contributed by atoms with van der Waals surface area (Å²) in [5.74, 6) is -0.0957. The molecule has 18 heavy (non-hydrogen) atoms. The molecule has 5 nitrogen and oxygen atoms in total. The standard InChI is InChI=1S/C13H19N3O2/c14-13(9-17)5-3-11(4-6-13)16-12(18)10-2-1-7-15-8-10/h1-2,7-8,11,17H,3-6,9,14H2,(H,16,18). The number of aliphatic hydroxyl groups excluding tert-OH is 1. The van der Waals surface area contributed by atoms with Gasteiger partial charge in [-0.25, -0.2) is 0 Å². The number of aliphatic hydroxyl groups is 1. The third kappa shape index (κ3) is 3.05. The minimum atomic E-state index is -0.463. The summed E-state index contributed by atoms with van der Waals surface area (Å²) in [5, 5.41) is 12.2. The van der Waals surface area contributed by atoms with Gasteiger partial charge >= 0.3 is 0 Å². The molecular formula is C13H19N3O2. The van der Waals surface area contributed by atoms with Gasteiger partial charge in [0, 0.05) is 24.0 Å². The number of nitrogens with one attached hydrogen (secondary N) is 1. The fraction of sp³-hybridized carbons (Fsp3) is 0.538. The van der Waals surface area contributed by atoms with Crippen LogP contribution in [-0.4, -0.2) is 34.2 Å². The number of hydrogen-bond acceptors (Lipinski definition) is 4. The number of nitrogens with zero attached hydrogens (tertiary/aromatic N) is 1. The van der Waals surface area contributed by atoms with Crippen molar-refractivity contribution >= 4 is 5.91 Å². The van der Waals surface area contributed by atoms with Crippen molar-refractivity contribution in [1.29, 1.82) is 0 Å². The highest BCUT2D eigenvalue weighted by molar-refractivity contribution is 5.93. The molecule has 0 unspecified atom stereocenters. The fourth-order valence-corrected chi connectivity index (χ4v) is 2.26. The maximum Gasteiger partial charge on any atom is 0.253 e. The van der Waals surface area contributed by atoms with Crippen LogP contribution in [0.15, 0.2) is 24.5 Å². The van der Waals surface area contributed by atoms with Gasteiger partial charge in [0.05, 0.1) is 12.2 Å². The number of rotatable bonds is 3. The quantitative estimate of drug-likeness (QED) is 0.725. The summed E-state index contributed by atoms with van der Waals surface area (Å²) in [6.45, 7) is 0.0102. The number of aromatic nitrogens is 1. The van der Waals surface area contributed by atoms with E-state index in [2.05, 4.69) is 10.3 Å². The van der Waals surface area contributed by atoms with Gasteiger partial charge in [-0.3, -0.25) is 9.78 Å². The van der Waals surface area contributed by atoms with Crippen molar-refractivity contribution in [2.24, 2.45) is 5.73 Å². The monoisotopic (exact) mass is 249 g/mol. The number of nitrogens with two attached hydrogens (primary N) is 1. The van der Waals surface area contributed by atoms with Crippen LogP contribution >= 0.6 is 0 Å². The van der Waals surface area contributed by atoms with Crippen molar-refractivity contribution in [3.8, 4) is 0 Å². The van der Waals surface area contributed by atoms with Crippen LogP contribution in [0.1, 0.15) is 36.0 Å². The molecule has 5 heteroatoms. The van der Waals surface area contributed by atoms with Gasteiger partial charge in [0.2, 0.25) is 0 Å². The smallest absolute Gasteiger partial charge is 0.253 e. The van der Waals surface area contributed by atoms with Gasteiger partial charge in [0.25, 0.3) is 5.91 Å². The number of hydrogen-bond donors (Lipinski definition) is 3. The molecule has 1 aromatic rings. The highest BCUT2D eigenvalue weighted by Gasteiger charge is 2.31. The van der Waals surface area contributed by atoms with Crippen molar-refractivity contribution in [2.45, 2.75) is 37.3 Å². The molecular weight excluding hydrogens is 230 g/mol. The Kier molecular flexibility index (Phi) is 3.93. The molecule has 1 heterocycles. The first-order valence-electron chi connectivity index (χ1n) is 6.24. The summed E-state index contributed by atoms with van der Waals surface area (Å²) in [7, 11) is 0. The average Bonchev–Trinajstić information content (AvgIpc) is 2.42. The van der Waals surface area contributed by atoms with Gasteiger partial charge in [0.1, 0.15) is 0 Å². The summed E-state index contributed by atoms with van der Waals surface area (Å²) in [4.78, 5) is 15.8. The molecule has 0 radical (unpaired) electrons. The molecule has 98 valence electrons. The van der Waals surface area contributed by atoms with E-state index >= 15 is 0 Å². The van der Waals surface area contributed by atoms with E-state index in [0.29, 0.717) is 5.56 Å². The maximum absolute atomic E-state index is 11.9. The van der Waals surface area contributed by atoms with Crippen LogP contribution in [0.4, 0.5) is 0 Å². The van der Waals surface area contributed by atoms with Crippen LogP contribution in [0.2, 0.25) is 0 Å². The molecule has 1 aliphatic rings. The topological polar surface area (TPSA) is 88.2 Å². The van der Waals surface area contributed by atoms with Gasteiger partial charge in [-0.2, -0.15) is 0 Å². The van der Waals surface area contributed by atoms with E-state index in [1.807, 2.05) is 0 Å². The first kappa shape index (κ1) is 13.0. The zero-order chi connectivity index (χ0) is 13.0. The van der Waals surface area contributed by atoms with Crippen molar-refractivity contribution in [3.05, 3.63) is 30.1 Å². The molecule has 4 N–H and O–H groups in total. The van der Waals surface area contributed by atoms with E-state index in [1.54, 1.807) is 24.5 Å². The van der Waals surface area contributed by atoms with E-state index < -0.39 is 5.54 Å².